The van der Waals surface area contributed by atoms with Crippen LogP contribution in [0.1, 0.15) is 44.9 Å². The maximum absolute atomic E-state index is 4.09. The van der Waals surface area contributed by atoms with Gasteiger partial charge in [0.15, 0.2) is 0 Å². The molecule has 0 bridgehead atoms. The van der Waals surface area contributed by atoms with Gasteiger partial charge in [0.25, 0.3) is 0 Å². The fraction of sp³-hybridized carbons (Fsp3) is 1.00. The molecular formula is C9H18N2S. The predicted octanol–water partition coefficient (Wildman–Crippen LogP) is 3.83. The Labute approximate surface area is 79.4 Å². The van der Waals surface area contributed by atoms with Crippen LogP contribution >= 0.6 is 11.9 Å². The second-order valence-electron chi connectivity index (χ2n) is 3.25. The van der Waals surface area contributed by atoms with Crippen molar-refractivity contribution in [3.8, 4) is 0 Å². The van der Waals surface area contributed by atoms with Crippen molar-refractivity contribution in [2.75, 3.05) is 12.3 Å². The highest BCUT2D eigenvalue weighted by Crippen LogP contribution is 2.13. The monoisotopic (exact) mass is 186 g/mol. The van der Waals surface area contributed by atoms with E-state index in [0.717, 1.165) is 12.3 Å². The lowest BCUT2D eigenvalue weighted by Gasteiger charge is -2.01. The average molecular weight is 186 g/mol. The minimum atomic E-state index is 0.938. The number of hydrogen-bond acceptors (Lipinski definition) is 3. The SMILES string of the molecule is C1CCCC/N=N\SCCCC1. The highest BCUT2D eigenvalue weighted by Gasteiger charge is 1.93. The Balaban J connectivity index is 2.10. The van der Waals surface area contributed by atoms with E-state index in [2.05, 4.69) is 9.63 Å². The molecule has 1 aliphatic heterocycles. The third kappa shape index (κ3) is 5.58. The summed E-state index contributed by atoms with van der Waals surface area (Å²) in [4.78, 5) is 0. The Morgan fingerprint density at radius 1 is 0.750 bits per heavy atom. The van der Waals surface area contributed by atoms with Gasteiger partial charge in [-0.3, -0.25) is 0 Å². The van der Waals surface area contributed by atoms with E-state index in [4.69, 9.17) is 0 Å². The van der Waals surface area contributed by atoms with Crippen LogP contribution in [0.15, 0.2) is 9.63 Å². The maximum atomic E-state index is 4.09. The summed E-state index contributed by atoms with van der Waals surface area (Å²) in [5, 5.41) is 4.09. The number of nitrogens with zero attached hydrogens (tertiary/aromatic N) is 2. The molecule has 0 aromatic rings. The Kier molecular flexibility index (Phi) is 6.35. The molecule has 0 aromatic carbocycles. The van der Waals surface area contributed by atoms with Crippen LogP contribution in [0.25, 0.3) is 0 Å². The van der Waals surface area contributed by atoms with Crippen LogP contribution in [0, 0.1) is 0 Å². The van der Waals surface area contributed by atoms with E-state index in [0.29, 0.717) is 0 Å². The Morgan fingerprint density at radius 3 is 2.25 bits per heavy atom. The summed E-state index contributed by atoms with van der Waals surface area (Å²) < 4.78 is 4.05. The van der Waals surface area contributed by atoms with Crippen LogP contribution in [0.5, 0.6) is 0 Å². The molecule has 0 saturated carbocycles. The van der Waals surface area contributed by atoms with Crippen molar-refractivity contribution in [2.45, 2.75) is 44.9 Å². The van der Waals surface area contributed by atoms with Gasteiger partial charge in [0.1, 0.15) is 0 Å². The van der Waals surface area contributed by atoms with Crippen molar-refractivity contribution in [1.29, 1.82) is 0 Å². The fourth-order valence-electron chi connectivity index (χ4n) is 1.36. The lowest BCUT2D eigenvalue weighted by atomic mass is 10.1. The molecule has 0 N–H and O–H groups in total. The van der Waals surface area contributed by atoms with Crippen LogP contribution in [0.4, 0.5) is 0 Å². The second-order valence-corrected chi connectivity index (χ2v) is 4.08. The van der Waals surface area contributed by atoms with Crippen molar-refractivity contribution in [1.82, 2.24) is 0 Å². The molecule has 0 saturated heterocycles. The highest BCUT2D eigenvalue weighted by atomic mass is 32.2. The molecule has 12 heavy (non-hydrogen) atoms. The molecule has 1 rings (SSSR count). The van der Waals surface area contributed by atoms with Gasteiger partial charge >= 0.3 is 0 Å². The molecule has 0 aromatic heterocycles. The third-order valence-corrected chi connectivity index (χ3v) is 2.81. The first-order valence-electron chi connectivity index (χ1n) is 4.99. The van der Waals surface area contributed by atoms with Gasteiger partial charge in [0.05, 0.1) is 6.54 Å². The first-order valence-corrected chi connectivity index (χ1v) is 5.93. The second kappa shape index (κ2) is 7.59. The first kappa shape index (κ1) is 10.0. The summed E-state index contributed by atoms with van der Waals surface area (Å²) in [5.41, 5.74) is 0. The molecule has 1 aliphatic rings. The molecule has 0 unspecified atom stereocenters. The predicted molar refractivity (Wildman–Crippen MR) is 54.5 cm³/mol. The molecule has 0 atom stereocenters. The molecule has 0 radical (unpaired) electrons. The first-order chi connectivity index (χ1) is 6.00. The van der Waals surface area contributed by atoms with Gasteiger partial charge < -0.3 is 0 Å². The lowest BCUT2D eigenvalue weighted by molar-refractivity contribution is 0.590. The van der Waals surface area contributed by atoms with Gasteiger partial charge in [-0.05, 0) is 24.8 Å². The van der Waals surface area contributed by atoms with Gasteiger partial charge in [-0.15, -0.1) is 4.52 Å². The van der Waals surface area contributed by atoms with Crippen molar-refractivity contribution in [2.24, 2.45) is 9.63 Å². The summed E-state index contributed by atoms with van der Waals surface area (Å²) in [6.45, 7) is 0.938. The molecule has 2 nitrogen and oxygen atoms in total. The van der Waals surface area contributed by atoms with E-state index >= 15 is 0 Å². The van der Waals surface area contributed by atoms with Crippen LogP contribution in [-0.2, 0) is 0 Å². The van der Waals surface area contributed by atoms with E-state index in [1.54, 1.807) is 11.9 Å². The zero-order chi connectivity index (χ0) is 8.49. The van der Waals surface area contributed by atoms with Crippen molar-refractivity contribution in [3.05, 3.63) is 0 Å². The third-order valence-electron chi connectivity index (χ3n) is 2.11. The minimum absolute atomic E-state index is 0.938. The maximum Gasteiger partial charge on any atom is 0.0609 e. The van der Waals surface area contributed by atoms with E-state index in [9.17, 15) is 0 Å². The van der Waals surface area contributed by atoms with Crippen molar-refractivity contribution in [3.63, 3.8) is 0 Å². The van der Waals surface area contributed by atoms with Crippen LogP contribution in [-0.4, -0.2) is 12.3 Å². The zero-order valence-electron chi connectivity index (χ0n) is 7.67. The normalized spacial score (nSPS) is 25.3. The van der Waals surface area contributed by atoms with Gasteiger partial charge in [-0.25, -0.2) is 0 Å². The van der Waals surface area contributed by atoms with E-state index in [1.165, 1.54) is 44.9 Å². The van der Waals surface area contributed by atoms with Crippen LogP contribution in [0.3, 0.4) is 0 Å². The molecule has 3 heteroatoms. The number of rotatable bonds is 0. The highest BCUT2D eigenvalue weighted by molar-refractivity contribution is 7.97. The summed E-state index contributed by atoms with van der Waals surface area (Å²) >= 11 is 1.63. The van der Waals surface area contributed by atoms with Crippen molar-refractivity contribution >= 4 is 11.9 Å². The molecule has 0 amide bonds. The molecule has 0 fully saturated rings. The largest absolute Gasteiger partial charge is 0.182 e. The zero-order valence-corrected chi connectivity index (χ0v) is 8.48. The number of hydrogen-bond donors (Lipinski definition) is 0. The summed E-state index contributed by atoms with van der Waals surface area (Å²) in [6, 6.07) is 0. The molecule has 1 heterocycles. The van der Waals surface area contributed by atoms with Crippen LogP contribution < -0.4 is 0 Å². The van der Waals surface area contributed by atoms with Gasteiger partial charge in [-0.2, -0.15) is 5.11 Å². The van der Waals surface area contributed by atoms with E-state index in [-0.39, 0.29) is 0 Å². The molecule has 0 aliphatic carbocycles. The Bertz CT molecular complexity index is 112. The molecular weight excluding hydrogens is 168 g/mol. The Hall–Kier alpha value is -0.0500. The van der Waals surface area contributed by atoms with Crippen molar-refractivity contribution < 1.29 is 0 Å². The van der Waals surface area contributed by atoms with Gasteiger partial charge in [-0.1, -0.05) is 32.1 Å². The van der Waals surface area contributed by atoms with Gasteiger partial charge in [0.2, 0.25) is 0 Å². The summed E-state index contributed by atoms with van der Waals surface area (Å²) in [5.74, 6) is 1.16. The quantitative estimate of drug-likeness (QED) is 0.528. The lowest BCUT2D eigenvalue weighted by Crippen LogP contribution is -1.85. The van der Waals surface area contributed by atoms with E-state index in [1.807, 2.05) is 0 Å². The fourth-order valence-corrected chi connectivity index (χ4v) is 1.93. The smallest absolute Gasteiger partial charge is 0.0609 e. The molecule has 0 spiro atoms. The topological polar surface area (TPSA) is 24.7 Å². The minimum Gasteiger partial charge on any atom is -0.182 e. The summed E-state index contributed by atoms with van der Waals surface area (Å²) in [6.07, 6.45) is 9.47. The van der Waals surface area contributed by atoms with Gasteiger partial charge in [0, 0.05) is 5.75 Å². The standard InChI is InChI=1S/C9H18N2S/c1-2-4-6-8-10-11-12-9-7-5-3-1/h1-9H2/b11-10-. The molecule has 70 valence electrons. The average Bonchev–Trinajstić information content (AvgIpc) is 2.05. The summed E-state index contributed by atoms with van der Waals surface area (Å²) in [7, 11) is 0. The van der Waals surface area contributed by atoms with Crippen LogP contribution in [0.2, 0.25) is 0 Å². The van der Waals surface area contributed by atoms with E-state index < -0.39 is 0 Å². The Morgan fingerprint density at radius 2 is 1.42 bits per heavy atom.